The maximum Gasteiger partial charge on any atom is 0.487 e. The molecule has 1 saturated heterocycles. The van der Waals surface area contributed by atoms with Crippen molar-refractivity contribution in [3.05, 3.63) is 47.2 Å². The smallest absolute Gasteiger partial charge is 0.400 e. The normalized spacial score (nSPS) is 20.7. The summed E-state index contributed by atoms with van der Waals surface area (Å²) in [4.78, 5) is 3.36. The molecule has 0 bridgehead atoms. The van der Waals surface area contributed by atoms with Crippen LogP contribution in [-0.2, 0) is 9.31 Å². The van der Waals surface area contributed by atoms with Crippen LogP contribution in [0.5, 0.6) is 0 Å². The minimum absolute atomic E-state index is 0.310. The summed E-state index contributed by atoms with van der Waals surface area (Å²) < 4.78 is 11.7. The second-order valence-corrected chi connectivity index (χ2v) is 5.69. The lowest BCUT2D eigenvalue weighted by Gasteiger charge is -2.32. The van der Waals surface area contributed by atoms with Crippen LogP contribution in [0.15, 0.2) is 30.2 Å². The van der Waals surface area contributed by atoms with Crippen molar-refractivity contribution in [2.24, 2.45) is 0 Å². The zero-order valence-electron chi connectivity index (χ0n) is 11.8. The lowest BCUT2D eigenvalue weighted by atomic mass is 9.89. The van der Waals surface area contributed by atoms with Crippen molar-refractivity contribution in [3.63, 3.8) is 0 Å². The molecule has 2 rings (SSSR count). The van der Waals surface area contributed by atoms with Crippen molar-refractivity contribution in [1.82, 2.24) is 0 Å². The van der Waals surface area contributed by atoms with Crippen molar-refractivity contribution in [2.75, 3.05) is 0 Å². The van der Waals surface area contributed by atoms with E-state index in [9.17, 15) is 0 Å². The van der Waals surface area contributed by atoms with Gasteiger partial charge in [-0.05, 0) is 33.3 Å². The summed E-state index contributed by atoms with van der Waals surface area (Å²) in [5.74, 6) is 1.91. The van der Waals surface area contributed by atoms with E-state index in [4.69, 9.17) is 15.9 Å². The highest BCUT2D eigenvalue weighted by molar-refractivity contribution is 6.52. The molecule has 1 aromatic carbocycles. The molecule has 0 aliphatic carbocycles. The van der Waals surface area contributed by atoms with Crippen LogP contribution < -0.4 is 0 Å². The van der Waals surface area contributed by atoms with Crippen molar-refractivity contribution >= 4 is 18.9 Å². The quantitative estimate of drug-likeness (QED) is 0.591. The second-order valence-electron chi connectivity index (χ2n) is 5.69. The summed E-state index contributed by atoms with van der Waals surface area (Å²) in [5.41, 5.74) is 1.06. The fraction of sp³-hybridized carbons (Fsp3) is 0.400. The summed E-state index contributed by atoms with van der Waals surface area (Å²) in [7, 11) is -0.328. The molecular formula is C15H18BNO2. The van der Waals surface area contributed by atoms with E-state index in [1.54, 1.807) is 12.1 Å². The van der Waals surface area contributed by atoms with Gasteiger partial charge in [-0.1, -0.05) is 36.3 Å². The number of hydrogen-bond acceptors (Lipinski definition) is 2. The highest BCUT2D eigenvalue weighted by atomic mass is 16.7. The predicted molar refractivity (Wildman–Crippen MR) is 77.8 cm³/mol. The average molecular weight is 255 g/mol. The molecule has 0 spiro atoms. The molecule has 1 aliphatic rings. The number of hydrogen-bond donors (Lipinski definition) is 0. The van der Waals surface area contributed by atoms with E-state index in [1.807, 2.05) is 51.9 Å². The first kappa shape index (κ1) is 13.9. The van der Waals surface area contributed by atoms with Gasteiger partial charge in [0.15, 0.2) is 5.69 Å². The molecule has 1 heterocycles. The molecule has 0 unspecified atom stereocenters. The van der Waals surface area contributed by atoms with Crippen LogP contribution in [0.1, 0.15) is 33.3 Å². The molecular weight excluding hydrogens is 237 g/mol. The Balaban J connectivity index is 2.06. The summed E-state index contributed by atoms with van der Waals surface area (Å²) in [6, 6.07) is 7.43. The van der Waals surface area contributed by atoms with Gasteiger partial charge in [-0.2, -0.15) is 0 Å². The molecule has 19 heavy (non-hydrogen) atoms. The molecule has 0 saturated carbocycles. The Hall–Kier alpha value is -1.57. The molecule has 98 valence electrons. The summed E-state index contributed by atoms with van der Waals surface area (Å²) >= 11 is 0. The molecule has 0 atom stereocenters. The second kappa shape index (κ2) is 4.84. The Morgan fingerprint density at radius 2 is 1.58 bits per heavy atom. The minimum Gasteiger partial charge on any atom is -0.400 e. The molecule has 4 heteroatoms. The summed E-state index contributed by atoms with van der Waals surface area (Å²) in [5, 5.41) is 0. The zero-order chi connectivity index (χ0) is 14.1. The van der Waals surface area contributed by atoms with Gasteiger partial charge >= 0.3 is 7.12 Å². The standard InChI is InChI=1S/C15H18BNO2/c1-14(2)15(3,4)19-16(18-14)11-10-12-6-8-13(17-5)9-7-12/h6-11H,1-4H3/b11-10+. The predicted octanol–water partition coefficient (Wildman–Crippen LogP) is 3.88. The first-order valence-corrected chi connectivity index (χ1v) is 6.35. The van der Waals surface area contributed by atoms with Gasteiger partial charge in [-0.15, -0.1) is 0 Å². The molecule has 0 aromatic heterocycles. The van der Waals surface area contributed by atoms with Gasteiger partial charge in [0.1, 0.15) is 0 Å². The average Bonchev–Trinajstić information content (AvgIpc) is 2.56. The largest absolute Gasteiger partial charge is 0.487 e. The first-order valence-electron chi connectivity index (χ1n) is 6.35. The number of rotatable bonds is 2. The van der Waals surface area contributed by atoms with Crippen molar-refractivity contribution < 1.29 is 9.31 Å². The van der Waals surface area contributed by atoms with E-state index in [1.165, 1.54) is 0 Å². The maximum atomic E-state index is 6.91. The Kier molecular flexibility index (Phi) is 3.53. The molecule has 1 aromatic rings. The fourth-order valence-corrected chi connectivity index (χ4v) is 1.82. The Morgan fingerprint density at radius 3 is 2.05 bits per heavy atom. The monoisotopic (exact) mass is 255 g/mol. The minimum atomic E-state index is -0.328. The third-order valence-corrected chi connectivity index (χ3v) is 3.74. The summed E-state index contributed by atoms with van der Waals surface area (Å²) in [6.45, 7) is 15.0. The molecule has 1 fully saturated rings. The van der Waals surface area contributed by atoms with Gasteiger partial charge in [0.05, 0.1) is 17.8 Å². The van der Waals surface area contributed by atoms with Gasteiger partial charge < -0.3 is 9.31 Å². The van der Waals surface area contributed by atoms with Crippen LogP contribution in [0.3, 0.4) is 0 Å². The topological polar surface area (TPSA) is 22.8 Å². The highest BCUT2D eigenvalue weighted by Gasteiger charge is 2.49. The van der Waals surface area contributed by atoms with E-state index < -0.39 is 0 Å². The van der Waals surface area contributed by atoms with Crippen molar-refractivity contribution in [1.29, 1.82) is 0 Å². The Morgan fingerprint density at radius 1 is 1.05 bits per heavy atom. The third kappa shape index (κ3) is 2.89. The SMILES string of the molecule is [C-]#[N+]c1ccc(/C=C/B2OC(C)(C)C(C)(C)O2)cc1. The van der Waals surface area contributed by atoms with Gasteiger partial charge in [0, 0.05) is 0 Å². The number of nitrogens with zero attached hydrogens (tertiary/aromatic N) is 1. The van der Waals surface area contributed by atoms with Gasteiger partial charge in [-0.25, -0.2) is 4.85 Å². The van der Waals surface area contributed by atoms with Gasteiger partial charge in [-0.3, -0.25) is 0 Å². The van der Waals surface area contributed by atoms with Crippen LogP contribution in [0.4, 0.5) is 5.69 Å². The fourth-order valence-electron chi connectivity index (χ4n) is 1.82. The molecule has 0 N–H and O–H groups in total. The van der Waals surface area contributed by atoms with Crippen molar-refractivity contribution in [2.45, 2.75) is 38.9 Å². The van der Waals surface area contributed by atoms with Gasteiger partial charge in [0.25, 0.3) is 0 Å². The lowest BCUT2D eigenvalue weighted by molar-refractivity contribution is 0.00578. The van der Waals surface area contributed by atoms with E-state index in [-0.39, 0.29) is 18.3 Å². The van der Waals surface area contributed by atoms with Crippen molar-refractivity contribution in [3.8, 4) is 0 Å². The summed E-state index contributed by atoms with van der Waals surface area (Å²) in [6.07, 6.45) is 1.95. The first-order chi connectivity index (χ1) is 8.84. The zero-order valence-corrected chi connectivity index (χ0v) is 11.8. The third-order valence-electron chi connectivity index (χ3n) is 3.74. The van der Waals surface area contributed by atoms with E-state index in [2.05, 4.69) is 4.85 Å². The van der Waals surface area contributed by atoms with Crippen LogP contribution in [0, 0.1) is 6.57 Å². The number of benzene rings is 1. The van der Waals surface area contributed by atoms with E-state index >= 15 is 0 Å². The van der Waals surface area contributed by atoms with Gasteiger partial charge in [0.2, 0.25) is 0 Å². The molecule has 3 nitrogen and oxygen atoms in total. The Bertz CT molecular complexity index is 510. The van der Waals surface area contributed by atoms with Crippen LogP contribution in [-0.4, -0.2) is 18.3 Å². The van der Waals surface area contributed by atoms with Crippen LogP contribution in [0.25, 0.3) is 10.9 Å². The van der Waals surface area contributed by atoms with Crippen LogP contribution >= 0.6 is 0 Å². The molecule has 1 aliphatic heterocycles. The Labute approximate surface area is 115 Å². The molecule has 0 amide bonds. The molecule has 0 radical (unpaired) electrons. The highest BCUT2D eigenvalue weighted by Crippen LogP contribution is 2.37. The van der Waals surface area contributed by atoms with E-state index in [0.29, 0.717) is 5.69 Å². The lowest BCUT2D eigenvalue weighted by Crippen LogP contribution is -2.41. The van der Waals surface area contributed by atoms with Crippen LogP contribution in [0.2, 0.25) is 0 Å². The van der Waals surface area contributed by atoms with E-state index in [0.717, 1.165) is 5.56 Å². The maximum absolute atomic E-state index is 6.91.